The van der Waals surface area contributed by atoms with Crippen LogP contribution in [-0.4, -0.2) is 58.9 Å². The number of aliphatic hydroxyl groups is 4. The fourth-order valence-electron chi connectivity index (χ4n) is 0.750. The molecule has 0 aliphatic carbocycles. The highest BCUT2D eigenvalue weighted by molar-refractivity contribution is 4.85. The number of rotatable bonds is 7. The molecule has 0 bridgehead atoms. The molecule has 0 aromatic rings. The Morgan fingerprint density at radius 3 is 1.75 bits per heavy atom. The zero-order valence-corrected chi connectivity index (χ0v) is 7.03. The molecular weight excluding hydrogens is 162 g/mol. The van der Waals surface area contributed by atoms with Crippen LogP contribution in [-0.2, 0) is 0 Å². The Bertz CT molecular complexity index is 97.3. The van der Waals surface area contributed by atoms with E-state index in [1.54, 1.807) is 0 Å². The molecule has 0 amide bonds. The lowest BCUT2D eigenvalue weighted by molar-refractivity contribution is 0.0417. The second-order valence-corrected chi connectivity index (χ2v) is 2.76. The minimum Gasteiger partial charge on any atom is -0.396 e. The summed E-state index contributed by atoms with van der Waals surface area (Å²) in [6, 6.07) is 0. The third-order valence-electron chi connectivity index (χ3n) is 1.74. The average molecular weight is 179 g/mol. The summed E-state index contributed by atoms with van der Waals surface area (Å²) < 4.78 is 0. The van der Waals surface area contributed by atoms with Gasteiger partial charge < -0.3 is 25.7 Å². The summed E-state index contributed by atoms with van der Waals surface area (Å²) in [6.45, 7) is -0.480. The molecule has 0 aromatic carbocycles. The van der Waals surface area contributed by atoms with E-state index in [1.165, 1.54) is 0 Å². The van der Waals surface area contributed by atoms with Crippen LogP contribution in [0.4, 0.5) is 0 Å². The van der Waals surface area contributed by atoms with Crippen LogP contribution in [0.2, 0.25) is 0 Å². The largest absolute Gasteiger partial charge is 0.396 e. The third-order valence-corrected chi connectivity index (χ3v) is 1.74. The normalized spacial score (nSPS) is 12.0. The number of nitrogens with one attached hydrogen (secondary N) is 1. The van der Waals surface area contributed by atoms with Crippen LogP contribution < -0.4 is 5.32 Å². The molecule has 5 N–H and O–H groups in total. The number of aliphatic hydroxyl groups excluding tert-OH is 4. The van der Waals surface area contributed by atoms with Crippen LogP contribution in [0.3, 0.4) is 0 Å². The second kappa shape index (κ2) is 6.33. The average Bonchev–Trinajstić information content (AvgIpc) is 2.14. The molecule has 0 rings (SSSR count). The highest BCUT2D eigenvalue weighted by Gasteiger charge is 2.26. The maximum atomic E-state index is 8.83. The van der Waals surface area contributed by atoms with Gasteiger partial charge in [0, 0.05) is 6.61 Å². The van der Waals surface area contributed by atoms with Gasteiger partial charge in [0.1, 0.15) is 0 Å². The van der Waals surface area contributed by atoms with E-state index in [4.69, 9.17) is 20.4 Å². The Kier molecular flexibility index (Phi) is 6.23. The fraction of sp³-hybridized carbons (Fsp3) is 1.00. The minimum absolute atomic E-state index is 0.0470. The first-order valence-electron chi connectivity index (χ1n) is 3.93. The SMILES string of the molecule is OCCCNC(CO)(CO)CO. The summed E-state index contributed by atoms with van der Waals surface area (Å²) in [5, 5.41) is 37.7. The maximum Gasteiger partial charge on any atom is 0.0881 e. The second-order valence-electron chi connectivity index (χ2n) is 2.76. The van der Waals surface area contributed by atoms with Gasteiger partial charge in [-0.25, -0.2) is 0 Å². The first kappa shape index (κ1) is 11.8. The van der Waals surface area contributed by atoms with Crippen LogP contribution in [0.15, 0.2) is 0 Å². The van der Waals surface area contributed by atoms with Crippen molar-refractivity contribution in [2.24, 2.45) is 0 Å². The molecule has 0 spiro atoms. The zero-order valence-electron chi connectivity index (χ0n) is 7.03. The third kappa shape index (κ3) is 3.46. The van der Waals surface area contributed by atoms with Gasteiger partial charge in [-0.1, -0.05) is 0 Å². The molecule has 5 nitrogen and oxygen atoms in total. The summed E-state index contributed by atoms with van der Waals surface area (Å²) in [7, 11) is 0. The molecule has 0 aliphatic heterocycles. The van der Waals surface area contributed by atoms with E-state index in [0.717, 1.165) is 0 Å². The van der Waals surface area contributed by atoms with Crippen molar-refractivity contribution in [2.75, 3.05) is 33.0 Å². The predicted molar refractivity (Wildman–Crippen MR) is 43.7 cm³/mol. The van der Waals surface area contributed by atoms with Gasteiger partial charge in [-0.05, 0) is 13.0 Å². The summed E-state index contributed by atoms with van der Waals surface area (Å²) in [4.78, 5) is 0. The predicted octanol–water partition coefficient (Wildman–Crippen LogP) is -2.33. The van der Waals surface area contributed by atoms with Gasteiger partial charge in [0.25, 0.3) is 0 Å². The quantitative estimate of drug-likeness (QED) is 0.283. The van der Waals surface area contributed by atoms with Crippen molar-refractivity contribution in [2.45, 2.75) is 12.0 Å². The molecule has 0 heterocycles. The van der Waals surface area contributed by atoms with Crippen LogP contribution in [0.1, 0.15) is 6.42 Å². The first-order valence-corrected chi connectivity index (χ1v) is 3.93. The summed E-state index contributed by atoms with van der Waals surface area (Å²) in [6.07, 6.45) is 0.530. The van der Waals surface area contributed by atoms with Crippen LogP contribution in [0.5, 0.6) is 0 Å². The maximum absolute atomic E-state index is 8.83. The van der Waals surface area contributed by atoms with Gasteiger partial charge >= 0.3 is 0 Å². The van der Waals surface area contributed by atoms with Crippen molar-refractivity contribution < 1.29 is 20.4 Å². The molecule has 5 heteroatoms. The van der Waals surface area contributed by atoms with Crippen molar-refractivity contribution in [1.29, 1.82) is 0 Å². The van der Waals surface area contributed by atoms with E-state index in [-0.39, 0.29) is 26.4 Å². The van der Waals surface area contributed by atoms with E-state index in [1.807, 2.05) is 0 Å². The summed E-state index contributed by atoms with van der Waals surface area (Å²) in [5.74, 6) is 0. The van der Waals surface area contributed by atoms with Crippen LogP contribution in [0.25, 0.3) is 0 Å². The molecule has 0 fully saturated rings. The Morgan fingerprint density at radius 1 is 0.917 bits per heavy atom. The zero-order chi connectivity index (χ0) is 9.45. The lowest BCUT2D eigenvalue weighted by Gasteiger charge is -2.28. The van der Waals surface area contributed by atoms with Crippen molar-refractivity contribution in [3.63, 3.8) is 0 Å². The topological polar surface area (TPSA) is 93.0 Å². The molecule has 0 saturated heterocycles. The molecule has 0 unspecified atom stereocenters. The minimum atomic E-state index is -1.02. The van der Waals surface area contributed by atoms with E-state index < -0.39 is 5.54 Å². The number of hydrogen-bond donors (Lipinski definition) is 5. The van der Waals surface area contributed by atoms with Crippen LogP contribution >= 0.6 is 0 Å². The van der Waals surface area contributed by atoms with Gasteiger partial charge in [0.05, 0.1) is 25.4 Å². The summed E-state index contributed by atoms with van der Waals surface area (Å²) in [5.41, 5.74) is -1.02. The van der Waals surface area contributed by atoms with Crippen molar-refractivity contribution in [3.05, 3.63) is 0 Å². The van der Waals surface area contributed by atoms with Gasteiger partial charge in [0.15, 0.2) is 0 Å². The van der Waals surface area contributed by atoms with E-state index in [9.17, 15) is 0 Å². The van der Waals surface area contributed by atoms with Gasteiger partial charge in [-0.3, -0.25) is 0 Å². The van der Waals surface area contributed by atoms with Crippen LogP contribution in [0, 0.1) is 0 Å². The van der Waals surface area contributed by atoms with Gasteiger partial charge in [-0.15, -0.1) is 0 Å². The highest BCUT2D eigenvalue weighted by Crippen LogP contribution is 2.00. The van der Waals surface area contributed by atoms with Crippen molar-refractivity contribution in [3.8, 4) is 0 Å². The molecule has 0 aliphatic rings. The monoisotopic (exact) mass is 179 g/mol. The highest BCUT2D eigenvalue weighted by atomic mass is 16.3. The van der Waals surface area contributed by atoms with Gasteiger partial charge in [-0.2, -0.15) is 0 Å². The fourth-order valence-corrected chi connectivity index (χ4v) is 0.750. The molecule has 74 valence electrons. The Balaban J connectivity index is 3.76. The lowest BCUT2D eigenvalue weighted by atomic mass is 10.0. The Labute approximate surface area is 71.7 Å². The lowest BCUT2D eigenvalue weighted by Crippen LogP contribution is -2.55. The molecule has 0 atom stereocenters. The smallest absolute Gasteiger partial charge is 0.0881 e. The summed E-state index contributed by atoms with van der Waals surface area (Å²) >= 11 is 0. The molecule has 0 aromatic heterocycles. The standard InChI is InChI=1S/C7H17NO4/c9-3-1-2-8-7(4-10,5-11)6-12/h8-12H,1-6H2. The first-order chi connectivity index (χ1) is 5.74. The van der Waals surface area contributed by atoms with Crippen molar-refractivity contribution in [1.82, 2.24) is 5.32 Å². The molecule has 0 radical (unpaired) electrons. The molecule has 0 saturated carbocycles. The Hall–Kier alpha value is -0.200. The molecule has 12 heavy (non-hydrogen) atoms. The van der Waals surface area contributed by atoms with Gasteiger partial charge in [0.2, 0.25) is 0 Å². The van der Waals surface area contributed by atoms with Crippen molar-refractivity contribution >= 4 is 0 Å². The Morgan fingerprint density at radius 2 is 1.42 bits per heavy atom. The van der Waals surface area contributed by atoms with E-state index in [0.29, 0.717) is 13.0 Å². The molecular formula is C7H17NO4. The number of hydrogen-bond acceptors (Lipinski definition) is 5. The van der Waals surface area contributed by atoms with E-state index in [2.05, 4.69) is 5.32 Å². The van der Waals surface area contributed by atoms with E-state index >= 15 is 0 Å².